The molecule has 0 aliphatic carbocycles. The maximum Gasteiger partial charge on any atom is 0.224 e. The van der Waals surface area contributed by atoms with Crippen molar-refractivity contribution in [1.29, 1.82) is 0 Å². The number of halogens is 3. The Morgan fingerprint density at radius 1 is 1.19 bits per heavy atom. The van der Waals surface area contributed by atoms with Crippen LogP contribution in [0.2, 0.25) is 10.0 Å². The Kier molecular flexibility index (Phi) is 6.80. The Labute approximate surface area is 168 Å². The second kappa shape index (κ2) is 9.29. The number of ether oxygens (including phenoxy) is 1. The van der Waals surface area contributed by atoms with Crippen LogP contribution in [-0.2, 0) is 4.79 Å². The molecule has 0 bridgehead atoms. The summed E-state index contributed by atoms with van der Waals surface area (Å²) in [6.45, 7) is 2.08. The Morgan fingerprint density at radius 3 is 2.70 bits per heavy atom. The summed E-state index contributed by atoms with van der Waals surface area (Å²) < 4.78 is 19.8. The van der Waals surface area contributed by atoms with E-state index in [1.54, 1.807) is 24.3 Å². The lowest BCUT2D eigenvalue weighted by atomic mass is 10.2. The van der Waals surface area contributed by atoms with E-state index in [1.165, 1.54) is 6.07 Å². The molecular formula is C20H21Cl2FN2O2. The number of hydrogen-bond acceptors (Lipinski definition) is 3. The summed E-state index contributed by atoms with van der Waals surface area (Å²) in [6, 6.07) is 9.85. The Morgan fingerprint density at radius 2 is 1.96 bits per heavy atom. The molecule has 1 aliphatic rings. The first-order chi connectivity index (χ1) is 13.0. The van der Waals surface area contributed by atoms with Gasteiger partial charge in [0.25, 0.3) is 0 Å². The highest BCUT2D eigenvalue weighted by molar-refractivity contribution is 6.35. The Balaban J connectivity index is 1.52. The van der Waals surface area contributed by atoms with E-state index in [-0.39, 0.29) is 18.0 Å². The molecule has 144 valence electrons. The molecule has 0 saturated carbocycles. The van der Waals surface area contributed by atoms with Crippen LogP contribution in [-0.4, -0.2) is 25.6 Å². The molecule has 0 aromatic heterocycles. The molecule has 0 atom stereocenters. The van der Waals surface area contributed by atoms with Gasteiger partial charge in [0.15, 0.2) is 0 Å². The second-order valence-corrected chi connectivity index (χ2v) is 7.25. The van der Waals surface area contributed by atoms with Crippen LogP contribution in [0.5, 0.6) is 5.75 Å². The zero-order valence-electron chi connectivity index (χ0n) is 14.8. The lowest BCUT2D eigenvalue weighted by molar-refractivity contribution is -0.116. The summed E-state index contributed by atoms with van der Waals surface area (Å²) >= 11 is 11.9. The average molecular weight is 411 g/mol. The van der Waals surface area contributed by atoms with Gasteiger partial charge in [-0.05, 0) is 49.6 Å². The smallest absolute Gasteiger partial charge is 0.224 e. The SMILES string of the molecule is O=C(CCCOc1ccc(Cl)cc1Cl)Nc1c(F)cccc1N1CCCC1. The highest BCUT2D eigenvalue weighted by Gasteiger charge is 2.19. The van der Waals surface area contributed by atoms with Crippen molar-refractivity contribution in [2.45, 2.75) is 25.7 Å². The number of nitrogens with zero attached hydrogens (tertiary/aromatic N) is 1. The topological polar surface area (TPSA) is 41.6 Å². The van der Waals surface area contributed by atoms with Crippen LogP contribution < -0.4 is 15.0 Å². The van der Waals surface area contributed by atoms with E-state index in [9.17, 15) is 9.18 Å². The van der Waals surface area contributed by atoms with Crippen molar-refractivity contribution in [2.75, 3.05) is 29.9 Å². The van der Waals surface area contributed by atoms with Gasteiger partial charge in [-0.2, -0.15) is 0 Å². The molecule has 0 radical (unpaired) electrons. The predicted octanol–water partition coefficient (Wildman–Crippen LogP) is 5.53. The fourth-order valence-corrected chi connectivity index (χ4v) is 3.53. The minimum absolute atomic E-state index is 0.221. The molecule has 1 saturated heterocycles. The van der Waals surface area contributed by atoms with Gasteiger partial charge in [-0.25, -0.2) is 4.39 Å². The molecule has 2 aromatic rings. The van der Waals surface area contributed by atoms with E-state index in [0.29, 0.717) is 28.8 Å². The number of carbonyl (C=O) groups excluding carboxylic acids is 1. The number of hydrogen-bond donors (Lipinski definition) is 1. The number of rotatable bonds is 7. The van der Waals surface area contributed by atoms with E-state index in [1.807, 2.05) is 6.07 Å². The van der Waals surface area contributed by atoms with Crippen LogP contribution in [0.15, 0.2) is 36.4 Å². The third-order valence-electron chi connectivity index (χ3n) is 4.40. The van der Waals surface area contributed by atoms with E-state index in [4.69, 9.17) is 27.9 Å². The summed E-state index contributed by atoms with van der Waals surface area (Å²) in [6.07, 6.45) is 2.86. The van der Waals surface area contributed by atoms with Gasteiger partial charge in [0.1, 0.15) is 17.3 Å². The first kappa shape index (κ1) is 19.8. The van der Waals surface area contributed by atoms with Gasteiger partial charge < -0.3 is 15.0 Å². The fraction of sp³-hybridized carbons (Fsp3) is 0.350. The highest BCUT2D eigenvalue weighted by atomic mass is 35.5. The average Bonchev–Trinajstić information content (AvgIpc) is 3.16. The molecular weight excluding hydrogens is 390 g/mol. The largest absolute Gasteiger partial charge is 0.492 e. The first-order valence-corrected chi connectivity index (χ1v) is 9.71. The number of nitrogens with one attached hydrogen (secondary N) is 1. The van der Waals surface area contributed by atoms with Crippen LogP contribution in [0.25, 0.3) is 0 Å². The van der Waals surface area contributed by atoms with E-state index in [0.717, 1.165) is 31.6 Å². The highest BCUT2D eigenvalue weighted by Crippen LogP contribution is 2.31. The molecule has 3 rings (SSSR count). The quantitative estimate of drug-likeness (QED) is 0.609. The van der Waals surface area contributed by atoms with Gasteiger partial charge in [0.05, 0.1) is 17.3 Å². The third-order valence-corrected chi connectivity index (χ3v) is 4.93. The van der Waals surface area contributed by atoms with Gasteiger partial charge in [-0.1, -0.05) is 29.3 Å². The first-order valence-electron chi connectivity index (χ1n) is 8.96. The van der Waals surface area contributed by atoms with Crippen molar-refractivity contribution >= 4 is 40.5 Å². The maximum absolute atomic E-state index is 14.3. The summed E-state index contributed by atoms with van der Waals surface area (Å²) in [5.41, 5.74) is 0.996. The number of para-hydroxylation sites is 1. The Bertz CT molecular complexity index is 811. The van der Waals surface area contributed by atoms with E-state index < -0.39 is 5.82 Å². The third kappa shape index (κ3) is 5.27. The van der Waals surface area contributed by atoms with Crippen molar-refractivity contribution in [2.24, 2.45) is 0 Å². The monoisotopic (exact) mass is 410 g/mol. The maximum atomic E-state index is 14.3. The molecule has 1 aliphatic heterocycles. The fourth-order valence-electron chi connectivity index (χ4n) is 3.07. The van der Waals surface area contributed by atoms with Gasteiger partial charge in [-0.15, -0.1) is 0 Å². The minimum atomic E-state index is -0.419. The predicted molar refractivity (Wildman–Crippen MR) is 108 cm³/mol. The summed E-state index contributed by atoms with van der Waals surface area (Å²) in [5, 5.41) is 3.68. The molecule has 1 fully saturated rings. The van der Waals surface area contributed by atoms with Crippen LogP contribution >= 0.6 is 23.2 Å². The van der Waals surface area contributed by atoms with Gasteiger partial charge in [0, 0.05) is 24.5 Å². The minimum Gasteiger partial charge on any atom is -0.492 e. The van der Waals surface area contributed by atoms with Crippen LogP contribution in [0.4, 0.5) is 15.8 Å². The van der Waals surface area contributed by atoms with Crippen LogP contribution in [0, 0.1) is 5.82 Å². The normalized spacial score (nSPS) is 13.7. The molecule has 1 amide bonds. The molecule has 0 unspecified atom stereocenters. The summed E-state index contributed by atoms with van der Waals surface area (Å²) in [4.78, 5) is 14.4. The zero-order chi connectivity index (χ0) is 19.2. The molecule has 4 nitrogen and oxygen atoms in total. The summed E-state index contributed by atoms with van der Waals surface area (Å²) in [5.74, 6) is -0.143. The number of amides is 1. The van der Waals surface area contributed by atoms with E-state index in [2.05, 4.69) is 10.2 Å². The number of benzene rings is 2. The molecule has 1 heterocycles. The van der Waals surface area contributed by atoms with Gasteiger partial charge in [-0.3, -0.25) is 4.79 Å². The Hall–Kier alpha value is -1.98. The van der Waals surface area contributed by atoms with E-state index >= 15 is 0 Å². The van der Waals surface area contributed by atoms with Crippen molar-refractivity contribution in [1.82, 2.24) is 0 Å². The number of anilines is 2. The summed E-state index contributed by atoms with van der Waals surface area (Å²) in [7, 11) is 0. The molecule has 0 spiro atoms. The van der Waals surface area contributed by atoms with Crippen LogP contribution in [0.3, 0.4) is 0 Å². The second-order valence-electron chi connectivity index (χ2n) is 6.40. The molecule has 7 heteroatoms. The lowest BCUT2D eigenvalue weighted by Gasteiger charge is -2.22. The van der Waals surface area contributed by atoms with Gasteiger partial charge in [0.2, 0.25) is 5.91 Å². The lowest BCUT2D eigenvalue weighted by Crippen LogP contribution is -2.22. The standard InChI is InChI=1S/C20H21Cl2FN2O2/c21-14-8-9-18(15(22)13-14)27-12-4-7-19(26)24-20-16(23)5-3-6-17(20)25-10-1-2-11-25/h3,5-6,8-9,13H,1-2,4,7,10-12H2,(H,24,26). The molecule has 27 heavy (non-hydrogen) atoms. The molecule has 1 N–H and O–H groups in total. The van der Waals surface area contributed by atoms with Gasteiger partial charge >= 0.3 is 0 Å². The van der Waals surface area contributed by atoms with Crippen molar-refractivity contribution < 1.29 is 13.9 Å². The molecule has 2 aromatic carbocycles. The zero-order valence-corrected chi connectivity index (χ0v) is 16.3. The number of carbonyl (C=O) groups is 1. The van der Waals surface area contributed by atoms with Crippen molar-refractivity contribution in [3.8, 4) is 5.75 Å². The van der Waals surface area contributed by atoms with Crippen molar-refractivity contribution in [3.05, 3.63) is 52.3 Å². The van der Waals surface area contributed by atoms with Crippen molar-refractivity contribution in [3.63, 3.8) is 0 Å². The van der Waals surface area contributed by atoms with Crippen LogP contribution in [0.1, 0.15) is 25.7 Å².